The Balaban J connectivity index is 1.41. The van der Waals surface area contributed by atoms with Gasteiger partial charge in [-0.25, -0.2) is 9.97 Å². The van der Waals surface area contributed by atoms with Crippen LogP contribution < -0.4 is 10.1 Å². The normalized spacial score (nSPS) is 15.8. The molecule has 0 bridgehead atoms. The molecule has 4 rings (SSSR count). The van der Waals surface area contributed by atoms with E-state index in [-0.39, 0.29) is 17.5 Å². The molecule has 164 valence electrons. The number of carbonyl (C=O) groups is 1. The molecule has 0 saturated carbocycles. The lowest BCUT2D eigenvalue weighted by molar-refractivity contribution is 0.0626. The highest BCUT2D eigenvalue weighted by Crippen LogP contribution is 2.23. The van der Waals surface area contributed by atoms with Crippen LogP contribution in [-0.4, -0.2) is 46.7 Å². The molecule has 1 amide bonds. The van der Waals surface area contributed by atoms with Crippen LogP contribution in [0.3, 0.4) is 0 Å². The topological polar surface area (TPSA) is 91.2 Å². The molecule has 2 heterocycles. The fourth-order valence-corrected chi connectivity index (χ4v) is 3.84. The van der Waals surface area contributed by atoms with E-state index in [2.05, 4.69) is 15.3 Å². The van der Waals surface area contributed by atoms with Crippen LogP contribution in [0, 0.1) is 18.3 Å². The summed E-state index contributed by atoms with van der Waals surface area (Å²) < 4.78 is 6.01. The van der Waals surface area contributed by atoms with E-state index < -0.39 is 0 Å². The summed E-state index contributed by atoms with van der Waals surface area (Å²) in [6.07, 6.45) is 4.54. The first-order valence-corrected chi connectivity index (χ1v) is 10.8. The van der Waals surface area contributed by atoms with Crippen LogP contribution in [0.1, 0.15) is 34.6 Å². The molecule has 7 heteroatoms. The average molecular weight is 430 g/mol. The van der Waals surface area contributed by atoms with Gasteiger partial charge in [-0.15, -0.1) is 0 Å². The molecule has 1 atom stereocenters. The number of benzene rings is 2. The minimum Gasteiger partial charge on any atom is -0.493 e. The Morgan fingerprint density at radius 2 is 2.00 bits per heavy atom. The van der Waals surface area contributed by atoms with Crippen molar-refractivity contribution < 1.29 is 9.53 Å². The van der Waals surface area contributed by atoms with E-state index >= 15 is 0 Å². The Bertz CT molecular complexity index is 1090. The van der Waals surface area contributed by atoms with E-state index in [0.29, 0.717) is 31.2 Å². The Morgan fingerprint density at radius 1 is 1.22 bits per heavy atom. The number of rotatable bonds is 7. The first-order chi connectivity index (χ1) is 15.6. The molecule has 1 fully saturated rings. The fraction of sp³-hybridized carbons (Fsp3) is 0.280. The number of nitrogens with one attached hydrogen (secondary N) is 2. The van der Waals surface area contributed by atoms with Crippen molar-refractivity contribution in [2.45, 2.75) is 19.8 Å². The van der Waals surface area contributed by atoms with Crippen LogP contribution in [0.2, 0.25) is 0 Å². The average Bonchev–Trinajstić information content (AvgIpc) is 2.84. The molecular weight excluding hydrogens is 402 g/mol. The van der Waals surface area contributed by atoms with Crippen LogP contribution in [0.4, 0.5) is 11.5 Å². The maximum Gasteiger partial charge on any atom is 0.274 e. The highest BCUT2D eigenvalue weighted by Gasteiger charge is 2.26. The summed E-state index contributed by atoms with van der Waals surface area (Å²) in [5.74, 6) is 1.44. The number of ether oxygens (including phenoxy) is 1. The van der Waals surface area contributed by atoms with Crippen molar-refractivity contribution in [2.24, 2.45) is 5.92 Å². The van der Waals surface area contributed by atoms with Crippen LogP contribution in [0.5, 0.6) is 5.75 Å². The van der Waals surface area contributed by atoms with Crippen molar-refractivity contribution in [3.63, 3.8) is 0 Å². The maximum absolute atomic E-state index is 13.1. The molecule has 7 nitrogen and oxygen atoms in total. The van der Waals surface area contributed by atoms with Gasteiger partial charge in [0.25, 0.3) is 5.91 Å². The largest absolute Gasteiger partial charge is 0.493 e. The Kier molecular flexibility index (Phi) is 6.75. The highest BCUT2D eigenvalue weighted by atomic mass is 16.5. The standard InChI is InChI=1S/C25H27N5O2/c1-18-8-5-6-12-23(18)32-17-19-9-7-13-30(16-19)25(31)22-15-27-24(21(14-26)29-22)28-20-10-3-2-4-11-20/h2-6,8,10-12,14-15,19,26H,7,9,13,16-17H2,1H3,(H,27,28). The highest BCUT2D eigenvalue weighted by molar-refractivity contribution is 5.94. The van der Waals surface area contributed by atoms with Gasteiger partial charge in [0.05, 0.1) is 12.8 Å². The van der Waals surface area contributed by atoms with Gasteiger partial charge in [-0.1, -0.05) is 36.4 Å². The van der Waals surface area contributed by atoms with Gasteiger partial charge in [-0.2, -0.15) is 0 Å². The molecule has 1 aromatic heterocycles. The summed E-state index contributed by atoms with van der Waals surface area (Å²) >= 11 is 0. The molecular formula is C25H27N5O2. The van der Waals surface area contributed by atoms with Crippen LogP contribution in [0.25, 0.3) is 0 Å². The lowest BCUT2D eigenvalue weighted by atomic mass is 9.98. The Morgan fingerprint density at radius 3 is 2.78 bits per heavy atom. The number of piperidine rings is 1. The summed E-state index contributed by atoms with van der Waals surface area (Å²) in [5, 5.41) is 10.9. The SMILES string of the molecule is Cc1ccccc1OCC1CCCN(C(=O)c2cnc(Nc3ccccc3)c(C=N)n2)C1. The van der Waals surface area contributed by atoms with E-state index in [1.807, 2.05) is 66.4 Å². The predicted molar refractivity (Wildman–Crippen MR) is 125 cm³/mol. The smallest absolute Gasteiger partial charge is 0.274 e. The van der Waals surface area contributed by atoms with E-state index in [1.165, 1.54) is 6.20 Å². The fourth-order valence-electron chi connectivity index (χ4n) is 3.84. The molecule has 1 unspecified atom stereocenters. The number of aromatic nitrogens is 2. The van der Waals surface area contributed by atoms with E-state index in [4.69, 9.17) is 10.1 Å². The van der Waals surface area contributed by atoms with Crippen LogP contribution in [-0.2, 0) is 0 Å². The van der Waals surface area contributed by atoms with Gasteiger partial charge in [-0.3, -0.25) is 4.79 Å². The second-order valence-electron chi connectivity index (χ2n) is 7.96. The molecule has 0 radical (unpaired) electrons. The third-order valence-corrected chi connectivity index (χ3v) is 5.57. The first kappa shape index (κ1) is 21.5. The zero-order chi connectivity index (χ0) is 22.3. The molecule has 0 aliphatic carbocycles. The zero-order valence-corrected chi connectivity index (χ0v) is 18.1. The number of likely N-dealkylation sites (tertiary alicyclic amines) is 1. The number of aryl methyl sites for hydroxylation is 1. The third kappa shape index (κ3) is 5.11. The molecule has 2 aromatic carbocycles. The number of anilines is 2. The summed E-state index contributed by atoms with van der Waals surface area (Å²) in [6, 6.07) is 17.5. The molecule has 1 saturated heterocycles. The van der Waals surface area contributed by atoms with Crippen LogP contribution >= 0.6 is 0 Å². The second-order valence-corrected chi connectivity index (χ2v) is 7.96. The molecule has 0 spiro atoms. The second kappa shape index (κ2) is 10.0. The summed E-state index contributed by atoms with van der Waals surface area (Å²) in [7, 11) is 0. The Labute approximate surface area is 188 Å². The zero-order valence-electron chi connectivity index (χ0n) is 18.1. The van der Waals surface area contributed by atoms with Crippen molar-refractivity contribution in [3.05, 3.63) is 77.7 Å². The summed E-state index contributed by atoms with van der Waals surface area (Å²) in [5.41, 5.74) is 2.53. The van der Waals surface area contributed by atoms with Crippen molar-refractivity contribution in [3.8, 4) is 5.75 Å². The summed E-state index contributed by atoms with van der Waals surface area (Å²) in [6.45, 7) is 3.91. The van der Waals surface area contributed by atoms with E-state index in [0.717, 1.165) is 36.1 Å². The quantitative estimate of drug-likeness (QED) is 0.541. The number of amides is 1. The van der Waals surface area contributed by atoms with E-state index in [1.54, 1.807) is 0 Å². The molecule has 3 aromatic rings. The number of carbonyl (C=O) groups excluding carboxylic acids is 1. The number of para-hydroxylation sites is 2. The Hall–Kier alpha value is -3.74. The minimum absolute atomic E-state index is 0.160. The molecule has 2 N–H and O–H groups in total. The molecule has 1 aliphatic heterocycles. The maximum atomic E-state index is 13.1. The van der Waals surface area contributed by atoms with Crippen molar-refractivity contribution >= 4 is 23.6 Å². The van der Waals surface area contributed by atoms with Gasteiger partial charge in [-0.05, 0) is 43.5 Å². The van der Waals surface area contributed by atoms with Crippen molar-refractivity contribution in [2.75, 3.05) is 25.0 Å². The number of hydrogen-bond donors (Lipinski definition) is 2. The monoisotopic (exact) mass is 429 g/mol. The lowest BCUT2D eigenvalue weighted by Gasteiger charge is -2.32. The third-order valence-electron chi connectivity index (χ3n) is 5.57. The van der Waals surface area contributed by atoms with Gasteiger partial charge >= 0.3 is 0 Å². The van der Waals surface area contributed by atoms with Crippen LogP contribution in [0.15, 0.2) is 60.8 Å². The number of hydrogen-bond acceptors (Lipinski definition) is 6. The van der Waals surface area contributed by atoms with Gasteiger partial charge in [0.15, 0.2) is 5.82 Å². The minimum atomic E-state index is -0.160. The lowest BCUT2D eigenvalue weighted by Crippen LogP contribution is -2.42. The van der Waals surface area contributed by atoms with Gasteiger partial charge in [0, 0.05) is 30.9 Å². The molecule has 32 heavy (non-hydrogen) atoms. The van der Waals surface area contributed by atoms with E-state index in [9.17, 15) is 4.79 Å². The van der Waals surface area contributed by atoms with Crippen molar-refractivity contribution in [1.82, 2.24) is 14.9 Å². The van der Waals surface area contributed by atoms with Gasteiger partial charge in [0.2, 0.25) is 0 Å². The number of nitrogens with zero attached hydrogens (tertiary/aromatic N) is 3. The van der Waals surface area contributed by atoms with Crippen molar-refractivity contribution in [1.29, 1.82) is 5.41 Å². The van der Waals surface area contributed by atoms with Gasteiger partial charge < -0.3 is 20.4 Å². The molecule has 1 aliphatic rings. The first-order valence-electron chi connectivity index (χ1n) is 10.8. The van der Waals surface area contributed by atoms with Gasteiger partial charge in [0.1, 0.15) is 17.1 Å². The summed E-state index contributed by atoms with van der Waals surface area (Å²) in [4.78, 5) is 23.7. The predicted octanol–water partition coefficient (Wildman–Crippen LogP) is 4.46.